The molecule has 0 aliphatic heterocycles. The van der Waals surface area contributed by atoms with Crippen LogP contribution in [0.25, 0.3) is 0 Å². The van der Waals surface area contributed by atoms with Crippen LogP contribution in [0.5, 0.6) is 0 Å². The number of hydrogen-bond donors (Lipinski definition) is 2. The molecule has 16 heavy (non-hydrogen) atoms. The standard InChI is InChI=1S/C10H18N4O2/c1-13-9(12-14(2)10(13)16)6-3-7(5-11)8(15)4-6/h6-8,15H,3-5,11H2,1-2H3. The lowest BCUT2D eigenvalue weighted by Crippen LogP contribution is -2.21. The van der Waals surface area contributed by atoms with Crippen LogP contribution in [0.2, 0.25) is 0 Å². The summed E-state index contributed by atoms with van der Waals surface area (Å²) in [5.74, 6) is 1.02. The van der Waals surface area contributed by atoms with Crippen LogP contribution in [-0.2, 0) is 14.1 Å². The van der Waals surface area contributed by atoms with Gasteiger partial charge in [0.2, 0.25) is 0 Å². The molecule has 0 saturated heterocycles. The summed E-state index contributed by atoms with van der Waals surface area (Å²) in [4.78, 5) is 11.6. The quantitative estimate of drug-likeness (QED) is 0.672. The summed E-state index contributed by atoms with van der Waals surface area (Å²) in [6, 6.07) is 0. The molecular formula is C10H18N4O2. The Morgan fingerprint density at radius 3 is 2.62 bits per heavy atom. The average molecular weight is 226 g/mol. The molecular weight excluding hydrogens is 208 g/mol. The molecule has 6 heteroatoms. The highest BCUT2D eigenvalue weighted by Crippen LogP contribution is 2.36. The van der Waals surface area contributed by atoms with Gasteiger partial charge in [0.05, 0.1) is 6.10 Å². The summed E-state index contributed by atoms with van der Waals surface area (Å²) in [7, 11) is 3.35. The van der Waals surface area contributed by atoms with Gasteiger partial charge in [-0.2, -0.15) is 5.10 Å². The minimum Gasteiger partial charge on any atom is -0.393 e. The van der Waals surface area contributed by atoms with Crippen molar-refractivity contribution < 1.29 is 5.11 Å². The monoisotopic (exact) mass is 226 g/mol. The van der Waals surface area contributed by atoms with Crippen LogP contribution in [0, 0.1) is 5.92 Å². The topological polar surface area (TPSA) is 86.1 Å². The van der Waals surface area contributed by atoms with Crippen LogP contribution < -0.4 is 11.4 Å². The van der Waals surface area contributed by atoms with Gasteiger partial charge in [-0.15, -0.1) is 0 Å². The molecule has 1 aromatic rings. The lowest BCUT2D eigenvalue weighted by molar-refractivity contribution is 0.136. The van der Waals surface area contributed by atoms with E-state index in [1.165, 1.54) is 4.68 Å². The van der Waals surface area contributed by atoms with Crippen molar-refractivity contribution in [3.63, 3.8) is 0 Å². The van der Waals surface area contributed by atoms with Crippen molar-refractivity contribution >= 4 is 0 Å². The van der Waals surface area contributed by atoms with Gasteiger partial charge in [0, 0.05) is 20.0 Å². The minimum absolute atomic E-state index is 0.124. The first-order valence-electron chi connectivity index (χ1n) is 5.52. The number of nitrogens with zero attached hydrogens (tertiary/aromatic N) is 3. The average Bonchev–Trinajstić information content (AvgIpc) is 2.74. The first-order valence-corrected chi connectivity index (χ1v) is 5.52. The molecule has 1 aromatic heterocycles. The van der Waals surface area contributed by atoms with Gasteiger partial charge in [-0.05, 0) is 25.3 Å². The van der Waals surface area contributed by atoms with Crippen LogP contribution in [0.15, 0.2) is 4.79 Å². The van der Waals surface area contributed by atoms with Gasteiger partial charge >= 0.3 is 5.69 Å². The number of rotatable bonds is 2. The largest absolute Gasteiger partial charge is 0.393 e. The highest BCUT2D eigenvalue weighted by atomic mass is 16.3. The van der Waals surface area contributed by atoms with Crippen LogP contribution in [-0.4, -0.2) is 32.1 Å². The number of nitrogens with two attached hydrogens (primary N) is 1. The van der Waals surface area contributed by atoms with E-state index in [-0.39, 0.29) is 23.6 Å². The molecule has 1 heterocycles. The third-order valence-electron chi connectivity index (χ3n) is 3.49. The second-order valence-electron chi connectivity index (χ2n) is 4.55. The van der Waals surface area contributed by atoms with Crippen molar-refractivity contribution in [1.82, 2.24) is 14.3 Å². The fourth-order valence-corrected chi connectivity index (χ4v) is 2.50. The van der Waals surface area contributed by atoms with E-state index in [0.29, 0.717) is 13.0 Å². The number of aromatic nitrogens is 3. The van der Waals surface area contributed by atoms with Crippen molar-refractivity contribution in [1.29, 1.82) is 0 Å². The Balaban J connectivity index is 2.27. The minimum atomic E-state index is -0.368. The molecule has 0 amide bonds. The maximum atomic E-state index is 11.6. The third kappa shape index (κ3) is 1.68. The zero-order valence-electron chi connectivity index (χ0n) is 9.63. The van der Waals surface area contributed by atoms with Gasteiger partial charge < -0.3 is 10.8 Å². The molecule has 1 aliphatic rings. The fraction of sp³-hybridized carbons (Fsp3) is 0.800. The molecule has 1 fully saturated rings. The zero-order valence-corrected chi connectivity index (χ0v) is 9.63. The normalized spacial score (nSPS) is 29.9. The van der Waals surface area contributed by atoms with E-state index >= 15 is 0 Å². The lowest BCUT2D eigenvalue weighted by atomic mass is 10.0. The van der Waals surface area contributed by atoms with Gasteiger partial charge in [-0.25, -0.2) is 9.48 Å². The number of hydrogen-bond acceptors (Lipinski definition) is 4. The fourth-order valence-electron chi connectivity index (χ4n) is 2.50. The highest BCUT2D eigenvalue weighted by molar-refractivity contribution is 5.03. The first kappa shape index (κ1) is 11.3. The zero-order chi connectivity index (χ0) is 11.9. The molecule has 1 saturated carbocycles. The van der Waals surface area contributed by atoms with Gasteiger partial charge in [0.1, 0.15) is 5.82 Å². The molecule has 2 rings (SSSR count). The lowest BCUT2D eigenvalue weighted by Gasteiger charge is -2.09. The van der Waals surface area contributed by atoms with Crippen molar-refractivity contribution in [2.45, 2.75) is 24.9 Å². The van der Waals surface area contributed by atoms with Crippen molar-refractivity contribution in [2.75, 3.05) is 6.54 Å². The molecule has 3 N–H and O–H groups in total. The van der Waals surface area contributed by atoms with Crippen molar-refractivity contribution in [2.24, 2.45) is 25.7 Å². The molecule has 90 valence electrons. The summed E-state index contributed by atoms with van der Waals surface area (Å²) < 4.78 is 2.88. The van der Waals surface area contributed by atoms with Crippen molar-refractivity contribution in [3.05, 3.63) is 16.3 Å². The van der Waals surface area contributed by atoms with Gasteiger partial charge in [0.25, 0.3) is 0 Å². The number of aliphatic hydroxyl groups is 1. The molecule has 0 bridgehead atoms. The van der Waals surface area contributed by atoms with E-state index in [4.69, 9.17) is 5.73 Å². The summed E-state index contributed by atoms with van der Waals surface area (Å²) in [5, 5.41) is 14.0. The highest BCUT2D eigenvalue weighted by Gasteiger charge is 2.35. The van der Waals surface area contributed by atoms with Gasteiger partial charge in [-0.3, -0.25) is 4.57 Å². The van der Waals surface area contributed by atoms with E-state index in [2.05, 4.69) is 5.10 Å². The number of aliphatic hydroxyl groups excluding tert-OH is 1. The number of aryl methyl sites for hydroxylation is 1. The van der Waals surface area contributed by atoms with Gasteiger partial charge in [-0.1, -0.05) is 0 Å². The maximum Gasteiger partial charge on any atom is 0.345 e. The Bertz CT molecular complexity index is 437. The Hall–Kier alpha value is -1.14. The smallest absolute Gasteiger partial charge is 0.345 e. The Kier molecular flexibility index (Phi) is 2.86. The third-order valence-corrected chi connectivity index (χ3v) is 3.49. The predicted molar refractivity (Wildman–Crippen MR) is 59.0 cm³/mol. The summed E-state index contributed by atoms with van der Waals surface area (Å²) in [6.07, 6.45) is 1.08. The SMILES string of the molecule is Cn1nc(C2CC(O)C(CN)C2)n(C)c1=O. The van der Waals surface area contributed by atoms with E-state index in [0.717, 1.165) is 12.2 Å². The van der Waals surface area contributed by atoms with Crippen LogP contribution >= 0.6 is 0 Å². The second kappa shape index (κ2) is 4.03. The molecule has 0 aromatic carbocycles. The molecule has 6 nitrogen and oxygen atoms in total. The van der Waals surface area contributed by atoms with Gasteiger partial charge in [0.15, 0.2) is 0 Å². The second-order valence-corrected chi connectivity index (χ2v) is 4.55. The van der Waals surface area contributed by atoms with Crippen molar-refractivity contribution in [3.8, 4) is 0 Å². The molecule has 3 unspecified atom stereocenters. The Morgan fingerprint density at radius 1 is 1.50 bits per heavy atom. The molecule has 1 aliphatic carbocycles. The van der Waals surface area contributed by atoms with E-state index < -0.39 is 0 Å². The van der Waals surface area contributed by atoms with Crippen LogP contribution in [0.1, 0.15) is 24.6 Å². The summed E-state index contributed by atoms with van der Waals surface area (Å²) >= 11 is 0. The summed E-state index contributed by atoms with van der Waals surface area (Å²) in [5.41, 5.74) is 5.46. The maximum absolute atomic E-state index is 11.6. The van der Waals surface area contributed by atoms with Crippen LogP contribution in [0.4, 0.5) is 0 Å². The molecule has 3 atom stereocenters. The molecule has 0 spiro atoms. The van der Waals surface area contributed by atoms with E-state index in [1.807, 2.05) is 0 Å². The predicted octanol–water partition coefficient (Wildman–Crippen LogP) is -1.07. The Labute approximate surface area is 93.7 Å². The van der Waals surface area contributed by atoms with E-state index in [9.17, 15) is 9.90 Å². The Morgan fingerprint density at radius 2 is 2.19 bits per heavy atom. The first-order chi connectivity index (χ1) is 7.54. The molecule has 0 radical (unpaired) electrons. The van der Waals surface area contributed by atoms with E-state index in [1.54, 1.807) is 18.7 Å². The summed E-state index contributed by atoms with van der Waals surface area (Å²) in [6.45, 7) is 0.485. The van der Waals surface area contributed by atoms with Crippen LogP contribution in [0.3, 0.4) is 0 Å².